The van der Waals surface area contributed by atoms with Crippen LogP contribution in [0.2, 0.25) is 0 Å². The zero-order valence-electron chi connectivity index (χ0n) is 11.4. The van der Waals surface area contributed by atoms with Crippen molar-refractivity contribution in [3.8, 4) is 0 Å². The van der Waals surface area contributed by atoms with Crippen molar-refractivity contribution < 1.29 is 9.59 Å². The van der Waals surface area contributed by atoms with E-state index >= 15 is 0 Å². The van der Waals surface area contributed by atoms with E-state index in [1.165, 1.54) is 10.5 Å². The molecular weight excluding hydrogens is 240 g/mol. The smallest absolute Gasteiger partial charge is 0.324 e. The van der Waals surface area contributed by atoms with Gasteiger partial charge >= 0.3 is 6.03 Å². The van der Waals surface area contributed by atoms with Crippen LogP contribution in [0.3, 0.4) is 0 Å². The number of hydrogen-bond donors (Lipinski definition) is 1. The van der Waals surface area contributed by atoms with Crippen LogP contribution in [0.4, 0.5) is 4.79 Å². The van der Waals surface area contributed by atoms with E-state index in [0.29, 0.717) is 6.54 Å². The molecule has 0 saturated carbocycles. The van der Waals surface area contributed by atoms with Crippen LogP contribution in [0.15, 0.2) is 30.3 Å². The first-order valence-electron chi connectivity index (χ1n) is 6.75. The number of aryl methyl sites for hydroxylation is 1. The number of amides is 3. The molecule has 0 aliphatic carbocycles. The Bertz CT molecular complexity index is 456. The molecule has 1 fully saturated rings. The molecule has 1 saturated heterocycles. The van der Waals surface area contributed by atoms with Crippen LogP contribution in [-0.2, 0) is 11.2 Å². The maximum atomic E-state index is 12.0. The van der Waals surface area contributed by atoms with Gasteiger partial charge in [-0.2, -0.15) is 0 Å². The van der Waals surface area contributed by atoms with Gasteiger partial charge in [0.15, 0.2) is 0 Å². The van der Waals surface area contributed by atoms with Gasteiger partial charge in [0.2, 0.25) is 0 Å². The molecule has 0 unspecified atom stereocenters. The molecule has 1 aromatic carbocycles. The first-order chi connectivity index (χ1) is 9.09. The van der Waals surface area contributed by atoms with Crippen molar-refractivity contribution in [3.05, 3.63) is 35.9 Å². The minimum absolute atomic E-state index is 0.0898. The molecule has 4 nitrogen and oxygen atoms in total. The monoisotopic (exact) mass is 260 g/mol. The summed E-state index contributed by atoms with van der Waals surface area (Å²) in [7, 11) is 0. The molecule has 0 aromatic heterocycles. The van der Waals surface area contributed by atoms with E-state index in [1.54, 1.807) is 0 Å². The predicted octanol–water partition coefficient (Wildman–Crippen LogP) is 2.20. The Kier molecular flexibility index (Phi) is 4.20. The largest absolute Gasteiger partial charge is 0.326 e. The summed E-state index contributed by atoms with van der Waals surface area (Å²) in [5.41, 5.74) is 1.23. The highest BCUT2D eigenvalue weighted by atomic mass is 16.2. The molecule has 1 aliphatic heterocycles. The number of nitrogens with one attached hydrogen (secondary N) is 1. The number of carbonyl (C=O) groups excluding carboxylic acids is 2. The van der Waals surface area contributed by atoms with Crippen LogP contribution in [0, 0.1) is 5.92 Å². The zero-order chi connectivity index (χ0) is 13.8. The summed E-state index contributed by atoms with van der Waals surface area (Å²) in [5, 5.41) is 2.74. The number of urea groups is 1. The number of carbonyl (C=O) groups is 2. The van der Waals surface area contributed by atoms with Gasteiger partial charge < -0.3 is 5.32 Å². The Hall–Kier alpha value is -1.84. The Labute approximate surface area is 113 Å². The van der Waals surface area contributed by atoms with Gasteiger partial charge in [0.25, 0.3) is 5.91 Å². The second-order valence-electron chi connectivity index (χ2n) is 5.25. The summed E-state index contributed by atoms with van der Waals surface area (Å²) in [6.45, 7) is 4.37. The lowest BCUT2D eigenvalue weighted by Crippen LogP contribution is -2.35. The third kappa shape index (κ3) is 3.13. The summed E-state index contributed by atoms with van der Waals surface area (Å²) in [4.78, 5) is 25.1. The molecule has 2 rings (SSSR count). The molecule has 1 aromatic rings. The average molecular weight is 260 g/mol. The van der Waals surface area contributed by atoms with Crippen LogP contribution in [0.1, 0.15) is 25.8 Å². The average Bonchev–Trinajstić information content (AvgIpc) is 2.68. The molecule has 1 heterocycles. The molecule has 0 spiro atoms. The molecule has 19 heavy (non-hydrogen) atoms. The van der Waals surface area contributed by atoms with E-state index in [1.807, 2.05) is 32.0 Å². The number of hydrogen-bond acceptors (Lipinski definition) is 2. The van der Waals surface area contributed by atoms with Crippen LogP contribution in [0.5, 0.6) is 0 Å². The first kappa shape index (κ1) is 13.6. The number of nitrogens with zero attached hydrogens (tertiary/aromatic N) is 1. The molecule has 1 N–H and O–H groups in total. The Morgan fingerprint density at radius 3 is 2.47 bits per heavy atom. The van der Waals surface area contributed by atoms with Crippen LogP contribution in [0.25, 0.3) is 0 Å². The van der Waals surface area contributed by atoms with Gasteiger partial charge in [-0.1, -0.05) is 44.2 Å². The molecule has 3 amide bonds. The lowest BCUT2D eigenvalue weighted by atomic mass is 10.0. The van der Waals surface area contributed by atoms with Crippen LogP contribution >= 0.6 is 0 Å². The van der Waals surface area contributed by atoms with Gasteiger partial charge in [-0.05, 0) is 24.3 Å². The second kappa shape index (κ2) is 5.87. The summed E-state index contributed by atoms with van der Waals surface area (Å²) in [6.07, 6.45) is 1.68. The van der Waals surface area contributed by atoms with Crippen LogP contribution in [-0.4, -0.2) is 29.4 Å². The van der Waals surface area contributed by atoms with E-state index in [9.17, 15) is 9.59 Å². The van der Waals surface area contributed by atoms with Gasteiger partial charge in [-0.25, -0.2) is 4.79 Å². The second-order valence-corrected chi connectivity index (χ2v) is 5.25. The van der Waals surface area contributed by atoms with Gasteiger partial charge in [0, 0.05) is 6.54 Å². The fourth-order valence-corrected chi connectivity index (χ4v) is 2.29. The Balaban J connectivity index is 1.86. The first-order valence-corrected chi connectivity index (χ1v) is 6.75. The van der Waals surface area contributed by atoms with Gasteiger partial charge in [-0.3, -0.25) is 9.69 Å². The Morgan fingerprint density at radius 2 is 1.89 bits per heavy atom. The van der Waals surface area contributed by atoms with Crippen molar-refractivity contribution in [1.82, 2.24) is 10.2 Å². The van der Waals surface area contributed by atoms with Crippen molar-refractivity contribution in [1.29, 1.82) is 0 Å². The summed E-state index contributed by atoms with van der Waals surface area (Å²) in [6, 6.07) is 9.48. The van der Waals surface area contributed by atoms with Crippen molar-refractivity contribution in [2.45, 2.75) is 32.7 Å². The van der Waals surface area contributed by atoms with Gasteiger partial charge in [0.05, 0.1) is 0 Å². The van der Waals surface area contributed by atoms with E-state index in [-0.39, 0.29) is 23.9 Å². The third-order valence-corrected chi connectivity index (χ3v) is 3.41. The van der Waals surface area contributed by atoms with Gasteiger partial charge in [-0.15, -0.1) is 0 Å². The fourth-order valence-electron chi connectivity index (χ4n) is 2.29. The highest BCUT2D eigenvalue weighted by Gasteiger charge is 2.38. The normalized spacial score (nSPS) is 19.1. The quantitative estimate of drug-likeness (QED) is 0.825. The number of rotatable bonds is 5. The maximum absolute atomic E-state index is 12.0. The Morgan fingerprint density at radius 1 is 1.21 bits per heavy atom. The molecule has 4 heteroatoms. The molecule has 0 bridgehead atoms. The highest BCUT2D eigenvalue weighted by molar-refractivity contribution is 6.04. The van der Waals surface area contributed by atoms with E-state index < -0.39 is 0 Å². The van der Waals surface area contributed by atoms with E-state index in [4.69, 9.17) is 0 Å². The number of imide groups is 1. The molecule has 1 atom stereocenters. The molecule has 102 valence electrons. The van der Waals surface area contributed by atoms with Crippen LogP contribution < -0.4 is 5.32 Å². The number of benzene rings is 1. The summed E-state index contributed by atoms with van der Waals surface area (Å²) in [5.74, 6) is 0.0450. The predicted molar refractivity (Wildman–Crippen MR) is 73.6 cm³/mol. The molecular formula is C15H20N2O2. The van der Waals surface area contributed by atoms with Crippen molar-refractivity contribution >= 4 is 11.9 Å². The lowest BCUT2D eigenvalue weighted by molar-refractivity contribution is -0.128. The fraction of sp³-hybridized carbons (Fsp3) is 0.467. The third-order valence-electron chi connectivity index (χ3n) is 3.41. The standard InChI is InChI=1S/C15H20N2O2/c1-11(2)13-14(18)17(15(19)16-13)10-6-9-12-7-4-3-5-8-12/h3-5,7-8,11,13H,6,9-10H2,1-2H3,(H,16,19)/t13-/m1/s1. The SMILES string of the molecule is CC(C)[C@H]1NC(=O)N(CCCc2ccccc2)C1=O. The minimum atomic E-state index is -0.357. The molecule has 1 aliphatic rings. The maximum Gasteiger partial charge on any atom is 0.324 e. The van der Waals surface area contributed by atoms with Crippen molar-refractivity contribution in [2.75, 3.05) is 6.54 Å². The highest BCUT2D eigenvalue weighted by Crippen LogP contribution is 2.14. The topological polar surface area (TPSA) is 49.4 Å². The van der Waals surface area contributed by atoms with E-state index in [0.717, 1.165) is 12.8 Å². The van der Waals surface area contributed by atoms with Crippen molar-refractivity contribution in [3.63, 3.8) is 0 Å². The van der Waals surface area contributed by atoms with Crippen molar-refractivity contribution in [2.24, 2.45) is 5.92 Å². The summed E-state index contributed by atoms with van der Waals surface area (Å²) < 4.78 is 0. The zero-order valence-corrected chi connectivity index (χ0v) is 11.4. The van der Waals surface area contributed by atoms with Gasteiger partial charge in [0.1, 0.15) is 6.04 Å². The minimum Gasteiger partial charge on any atom is -0.326 e. The van der Waals surface area contributed by atoms with E-state index in [2.05, 4.69) is 17.4 Å². The molecule has 0 radical (unpaired) electrons. The lowest BCUT2D eigenvalue weighted by Gasteiger charge is -2.14. The summed E-state index contributed by atoms with van der Waals surface area (Å²) >= 11 is 0.